The maximum atomic E-state index is 15.0. The molecule has 16 nitrogen and oxygen atoms in total. The first kappa shape index (κ1) is 64.9. The molecule has 2 aliphatic carbocycles. The number of carbonyl (C=O) groups excluding carboxylic acids is 3. The van der Waals surface area contributed by atoms with Crippen LogP contribution in [0.4, 0.5) is 35.9 Å². The third-order valence-electron chi connectivity index (χ3n) is 14.0. The number of halogens is 9. The quantitative estimate of drug-likeness (QED) is 0.128. The van der Waals surface area contributed by atoms with Crippen LogP contribution in [-0.4, -0.2) is 148 Å². The Labute approximate surface area is 501 Å². The van der Waals surface area contributed by atoms with E-state index in [4.69, 9.17) is 37.7 Å². The highest BCUT2D eigenvalue weighted by atomic mass is 79.9. The number of nitrogens with zero attached hydrogens (tertiary/aromatic N) is 10. The molecule has 0 bridgehead atoms. The molecule has 450 valence electrons. The molecule has 2 aromatic carbocycles. The van der Waals surface area contributed by atoms with Crippen LogP contribution in [0, 0.1) is 0 Å². The van der Waals surface area contributed by atoms with E-state index in [-0.39, 0.29) is 35.7 Å². The molecule has 2 saturated heterocycles. The molecule has 0 spiro atoms. The second-order valence-electron chi connectivity index (χ2n) is 22.1. The predicted molar refractivity (Wildman–Crippen MR) is 312 cm³/mol. The molecule has 25 heteroatoms. The van der Waals surface area contributed by atoms with Crippen molar-refractivity contribution in [2.24, 2.45) is 14.1 Å². The Hall–Kier alpha value is -6.63. The number of ether oxygens (including phenoxy) is 2. The lowest BCUT2D eigenvalue weighted by molar-refractivity contribution is -0.242. The summed E-state index contributed by atoms with van der Waals surface area (Å²) < 4.78 is 94.6. The third-order valence-corrected chi connectivity index (χ3v) is 15.1. The van der Waals surface area contributed by atoms with E-state index in [1.165, 1.54) is 32.6 Å². The Bertz CT molecular complexity index is 3430. The van der Waals surface area contributed by atoms with E-state index in [0.29, 0.717) is 61.1 Å². The third kappa shape index (κ3) is 14.4. The van der Waals surface area contributed by atoms with Gasteiger partial charge in [-0.15, -0.1) is 0 Å². The van der Waals surface area contributed by atoms with Gasteiger partial charge in [-0.1, -0.05) is 70.8 Å². The zero-order valence-corrected chi connectivity index (χ0v) is 49.7. The van der Waals surface area contributed by atoms with Gasteiger partial charge in [0, 0.05) is 98.9 Å². The molecule has 10 rings (SSSR count). The number of rotatable bonds is 5. The van der Waals surface area contributed by atoms with Crippen molar-refractivity contribution in [3.8, 4) is 0 Å². The highest BCUT2D eigenvalue weighted by Crippen LogP contribution is 2.53. The van der Waals surface area contributed by atoms with Gasteiger partial charge in [0.2, 0.25) is 5.60 Å². The molecule has 1 N–H and O–H groups in total. The van der Waals surface area contributed by atoms with Gasteiger partial charge < -0.3 is 33.5 Å². The standard InChI is InChI=1S/C29H31ClF3N5O3.C23H25BrClN3O2.C6H5F3N2O.CH4/c1-27(2,3)41-26(39)38-12-10-37(11-13-38)25-20-8-7-19(30)15-21(20)22(14-18-6-5-9-35-24(18)25)28(40,29(31,32)33)23-16-34-17-36(23)4;1-23(2,3)30-22(29)28-11-9-27(10-12-28)21-17-7-6-16(25)14-18(17)19(24)13-15-5-4-8-26-20(15)21;1-11-3-10-2-4(11)5(12)6(7,8)9;/h5-9,14-17,25,40H,10-13H2,1-4H3;4-8,13-14,21H,9-12H2,1-3H3;2-3H,1H3;1H4/t25-,28?;21-;;/m00../s1. The van der Waals surface area contributed by atoms with Crippen molar-refractivity contribution < 1.29 is 55.3 Å². The fourth-order valence-electron chi connectivity index (χ4n) is 10.2. The van der Waals surface area contributed by atoms with Gasteiger partial charge in [-0.25, -0.2) is 19.6 Å². The van der Waals surface area contributed by atoms with Gasteiger partial charge >= 0.3 is 24.5 Å². The Morgan fingerprint density at radius 1 is 0.631 bits per heavy atom. The number of aryl methyl sites for hydroxylation is 2. The number of pyridine rings is 2. The normalized spacial score (nSPS) is 18.1. The smallest absolute Gasteiger partial charge is 0.444 e. The molecule has 6 aromatic rings. The number of benzene rings is 2. The SMILES string of the molecule is C.CC(C)(C)OC(=O)N1CCN([C@H]2c3ccc(Cl)cc3C(Br)=Cc3cccnc32)CC1.Cn1cncc1C(=O)C(F)(F)F.Cn1cncc1C(O)(C1=Cc2cccnc2[C@@H](N2CCN(C(=O)OC(C)(C)C)CC2)c2ccc(Cl)cc21)C(F)(F)F. The van der Waals surface area contributed by atoms with E-state index in [1.807, 2.05) is 45.2 Å². The van der Waals surface area contributed by atoms with E-state index >= 15 is 0 Å². The monoisotopic (exact) mass is 1270 g/mol. The highest BCUT2D eigenvalue weighted by Gasteiger charge is 2.60. The molecule has 4 aliphatic rings. The van der Waals surface area contributed by atoms with Crippen LogP contribution < -0.4 is 0 Å². The number of ketones is 1. The summed E-state index contributed by atoms with van der Waals surface area (Å²) >= 11 is 16.4. The van der Waals surface area contributed by atoms with E-state index in [2.05, 4.69) is 58.9 Å². The predicted octanol–water partition coefficient (Wildman–Crippen LogP) is 12.8. The molecule has 1 unspecified atom stereocenters. The number of amides is 2. The van der Waals surface area contributed by atoms with Gasteiger partial charge in [0.1, 0.15) is 16.9 Å². The number of hydrogen-bond donors (Lipinski definition) is 1. The number of fused-ring (bicyclic) bond motifs is 4. The molecule has 4 aromatic heterocycles. The summed E-state index contributed by atoms with van der Waals surface area (Å²) in [6.45, 7) is 15.3. The number of alkyl halides is 6. The van der Waals surface area contributed by atoms with Crippen LogP contribution in [0.2, 0.25) is 10.0 Å². The molecule has 2 fully saturated rings. The summed E-state index contributed by atoms with van der Waals surface area (Å²) in [5.41, 5.74) is 0.138. The lowest BCUT2D eigenvalue weighted by Gasteiger charge is -2.40. The van der Waals surface area contributed by atoms with E-state index in [9.17, 15) is 45.8 Å². The average molecular weight is 1280 g/mol. The van der Waals surface area contributed by atoms with Crippen LogP contribution in [0.15, 0.2) is 98.1 Å². The number of hydrogen-bond acceptors (Lipinski definition) is 12. The first-order valence-electron chi connectivity index (χ1n) is 26.2. The van der Waals surface area contributed by atoms with Gasteiger partial charge in [-0.05, 0) is 123 Å². The minimum Gasteiger partial charge on any atom is -0.444 e. The van der Waals surface area contributed by atoms with Gasteiger partial charge in [0.05, 0.1) is 54.2 Å². The second-order valence-corrected chi connectivity index (χ2v) is 23.8. The lowest BCUT2D eigenvalue weighted by atomic mass is 9.82. The average Bonchev–Trinajstić information content (AvgIpc) is 1.55. The largest absolute Gasteiger partial charge is 0.456 e. The fourth-order valence-corrected chi connectivity index (χ4v) is 11.1. The minimum atomic E-state index is -5.10. The molecule has 3 atom stereocenters. The fraction of sp³-hybridized carbons (Fsp3) is 0.407. The number of Topliss-reactive ketones (excluding diaryl/α,β-unsaturated/α-hetero) is 1. The summed E-state index contributed by atoms with van der Waals surface area (Å²) in [7, 11) is 2.73. The molecular weight excluding hydrogens is 1210 g/mol. The Kier molecular flexibility index (Phi) is 19.7. The number of carbonyl (C=O) groups is 3. The summed E-state index contributed by atoms with van der Waals surface area (Å²) in [5.74, 6) is -1.87. The van der Waals surface area contributed by atoms with Crippen LogP contribution in [0.25, 0.3) is 22.2 Å². The topological polar surface area (TPSA) is 164 Å². The zero-order chi connectivity index (χ0) is 60.6. The van der Waals surface area contributed by atoms with Crippen LogP contribution in [0.3, 0.4) is 0 Å². The minimum absolute atomic E-state index is 0. The van der Waals surface area contributed by atoms with Gasteiger partial charge in [0.15, 0.2) is 0 Å². The van der Waals surface area contributed by atoms with Crippen LogP contribution >= 0.6 is 39.1 Å². The molecule has 84 heavy (non-hydrogen) atoms. The van der Waals surface area contributed by atoms with E-state index in [1.54, 1.807) is 61.0 Å². The van der Waals surface area contributed by atoms with E-state index < -0.39 is 58.5 Å². The summed E-state index contributed by atoms with van der Waals surface area (Å²) in [6, 6.07) is 17.5. The number of aromatic nitrogens is 6. The Balaban J connectivity index is 0.000000205. The summed E-state index contributed by atoms with van der Waals surface area (Å²) in [6.07, 6.45) is 0.530. The number of imidazole rings is 2. The maximum Gasteiger partial charge on any atom is 0.456 e. The Morgan fingerprint density at radius 3 is 1.49 bits per heavy atom. The van der Waals surface area contributed by atoms with Crippen LogP contribution in [-0.2, 0) is 29.2 Å². The number of piperazine rings is 2. The van der Waals surface area contributed by atoms with Crippen molar-refractivity contribution in [1.82, 2.24) is 48.7 Å². The second kappa shape index (κ2) is 25.5. The van der Waals surface area contributed by atoms with Crippen molar-refractivity contribution >= 4 is 79.3 Å². The molecule has 0 radical (unpaired) electrons. The first-order valence-corrected chi connectivity index (χ1v) is 27.8. The zero-order valence-electron chi connectivity index (χ0n) is 46.6. The van der Waals surface area contributed by atoms with Gasteiger partial charge in [-0.3, -0.25) is 24.6 Å². The highest BCUT2D eigenvalue weighted by molar-refractivity contribution is 9.15. The molecule has 6 heterocycles. The molecular formula is C59H65BrCl2F6N10O6. The van der Waals surface area contributed by atoms with Crippen LogP contribution in [0.5, 0.6) is 0 Å². The molecule has 2 amide bonds. The van der Waals surface area contributed by atoms with Crippen molar-refractivity contribution in [1.29, 1.82) is 0 Å². The van der Waals surface area contributed by atoms with Crippen molar-refractivity contribution in [2.45, 2.75) is 90.2 Å². The van der Waals surface area contributed by atoms with E-state index in [0.717, 1.165) is 67.8 Å². The summed E-state index contributed by atoms with van der Waals surface area (Å²) in [4.78, 5) is 60.2. The van der Waals surface area contributed by atoms with Gasteiger partial charge in [0.25, 0.3) is 5.78 Å². The summed E-state index contributed by atoms with van der Waals surface area (Å²) in [5, 5.41) is 12.6. The van der Waals surface area contributed by atoms with Crippen molar-refractivity contribution in [2.75, 3.05) is 52.4 Å². The Morgan fingerprint density at radius 2 is 1.07 bits per heavy atom. The first-order chi connectivity index (χ1) is 38.9. The maximum absolute atomic E-state index is 15.0. The number of aliphatic hydroxyl groups is 1. The van der Waals surface area contributed by atoms with Crippen LogP contribution in [0.1, 0.15) is 122 Å². The molecule has 0 saturated carbocycles. The van der Waals surface area contributed by atoms with Crippen molar-refractivity contribution in [3.63, 3.8) is 0 Å². The lowest BCUT2D eigenvalue weighted by Crippen LogP contribution is -2.51. The van der Waals surface area contributed by atoms with Crippen molar-refractivity contribution in [3.05, 3.63) is 164 Å². The molecule has 2 aliphatic heterocycles. The van der Waals surface area contributed by atoms with Gasteiger partial charge in [-0.2, -0.15) is 26.3 Å².